The van der Waals surface area contributed by atoms with Crippen molar-refractivity contribution in [2.75, 3.05) is 36.9 Å². The highest BCUT2D eigenvalue weighted by atomic mass is 16.5. The molecule has 1 fully saturated rings. The number of carboxylic acids is 2. The van der Waals surface area contributed by atoms with Crippen molar-refractivity contribution in [1.82, 2.24) is 19.7 Å². The highest BCUT2D eigenvalue weighted by molar-refractivity contribution is 5.83. The third-order valence-corrected chi connectivity index (χ3v) is 5.41. The number of amides is 1. The molecule has 0 aliphatic carbocycles. The zero-order valence-electron chi connectivity index (χ0n) is 21.0. The van der Waals surface area contributed by atoms with Gasteiger partial charge in [0.15, 0.2) is 12.2 Å². The highest BCUT2D eigenvalue weighted by Crippen LogP contribution is 2.18. The van der Waals surface area contributed by atoms with E-state index in [2.05, 4.69) is 37.7 Å². The van der Waals surface area contributed by atoms with E-state index in [-0.39, 0.29) is 5.95 Å². The number of nitrogens with zero attached hydrogens (tertiary/aromatic N) is 4. The maximum Gasteiger partial charge on any atom is 0.411 e. The summed E-state index contributed by atoms with van der Waals surface area (Å²) in [4.78, 5) is 36.7. The Kier molecular flexibility index (Phi) is 12.2. The number of likely N-dealkylation sites (tertiary alicyclic amines) is 1. The number of carboxylic acid groups (broad SMARTS) is 3. The second kappa shape index (κ2) is 15.3. The molecule has 2 heterocycles. The Balaban J connectivity index is 0.000000432. The zero-order valence-corrected chi connectivity index (χ0v) is 21.0. The summed E-state index contributed by atoms with van der Waals surface area (Å²) < 4.78 is 7.37. The van der Waals surface area contributed by atoms with Crippen molar-refractivity contribution in [3.63, 3.8) is 0 Å². The van der Waals surface area contributed by atoms with E-state index in [1.807, 2.05) is 12.1 Å². The lowest BCUT2D eigenvalue weighted by molar-refractivity contribution is -0.165. The van der Waals surface area contributed by atoms with Crippen molar-refractivity contribution >= 4 is 29.9 Å². The number of aliphatic hydroxyl groups excluding tert-OH is 2. The molecule has 0 saturated carbocycles. The number of ether oxygens (including phenoxy) is 1. The van der Waals surface area contributed by atoms with Gasteiger partial charge in [0, 0.05) is 20.1 Å². The summed E-state index contributed by atoms with van der Waals surface area (Å²) in [6.07, 6.45) is -1.00. The molecule has 210 valence electrons. The summed E-state index contributed by atoms with van der Waals surface area (Å²) in [6.45, 7) is 4.58. The van der Waals surface area contributed by atoms with Crippen molar-refractivity contribution in [1.29, 1.82) is 0 Å². The molecule has 0 spiro atoms. The predicted molar refractivity (Wildman–Crippen MR) is 134 cm³/mol. The standard InChI is InChI=1S/C19H28N6O3.C4H6O6/c1-24-18(21-17(23-24)22-19(26)27)20-9-6-12-28-16-8-5-7-15(13-16)14-25-10-3-2-4-11-25;5-1(3(7)8)2(6)4(9)10/h5,7-8,13H,2-4,6,9-12,14H2,1H3,(H,26,27)(H2,20,21,22,23);1-2,5-6H,(H,7,8)(H,9,10). The number of benzene rings is 1. The number of rotatable bonds is 12. The third-order valence-electron chi connectivity index (χ3n) is 5.41. The molecule has 3 rings (SSSR count). The maximum absolute atomic E-state index is 10.6. The lowest BCUT2D eigenvalue weighted by atomic mass is 10.1. The van der Waals surface area contributed by atoms with Gasteiger partial charge in [0.25, 0.3) is 5.95 Å². The van der Waals surface area contributed by atoms with Gasteiger partial charge in [-0.1, -0.05) is 18.6 Å². The number of aliphatic hydroxyl groups is 2. The van der Waals surface area contributed by atoms with Gasteiger partial charge in [0.1, 0.15) is 5.75 Å². The SMILES string of the molecule is Cn1nc(NC(=O)O)nc1NCCCOc1cccc(CN2CCCCC2)c1.O=C(O)C(O)C(O)C(=O)O. The molecule has 15 nitrogen and oxygen atoms in total. The number of hydrogen-bond acceptors (Lipinski definition) is 10. The van der Waals surface area contributed by atoms with E-state index < -0.39 is 30.2 Å². The summed E-state index contributed by atoms with van der Waals surface area (Å²) >= 11 is 0. The molecule has 1 aromatic heterocycles. The molecule has 2 unspecified atom stereocenters. The second-order valence-corrected chi connectivity index (χ2v) is 8.49. The summed E-state index contributed by atoms with van der Waals surface area (Å²) in [7, 11) is 1.70. The van der Waals surface area contributed by atoms with Gasteiger partial charge in [-0.25, -0.2) is 19.1 Å². The third kappa shape index (κ3) is 10.6. The number of anilines is 2. The Morgan fingerprint density at radius 3 is 2.32 bits per heavy atom. The molecular formula is C23H34N6O9. The van der Waals surface area contributed by atoms with Crippen LogP contribution in [0, 0.1) is 0 Å². The molecule has 15 heteroatoms. The fourth-order valence-electron chi connectivity index (χ4n) is 3.53. The zero-order chi connectivity index (χ0) is 28.1. The van der Waals surface area contributed by atoms with Crippen LogP contribution < -0.4 is 15.4 Å². The number of aromatic nitrogens is 3. The number of nitrogens with one attached hydrogen (secondary N) is 2. The Bertz CT molecular complexity index is 1040. The van der Waals surface area contributed by atoms with Crippen molar-refractivity contribution < 1.29 is 44.7 Å². The minimum Gasteiger partial charge on any atom is -0.494 e. The summed E-state index contributed by atoms with van der Waals surface area (Å²) in [5.74, 6) is -2.09. The molecule has 0 bridgehead atoms. The Morgan fingerprint density at radius 2 is 1.71 bits per heavy atom. The fourth-order valence-corrected chi connectivity index (χ4v) is 3.53. The average Bonchev–Trinajstić information content (AvgIpc) is 3.21. The fraction of sp³-hybridized carbons (Fsp3) is 0.522. The van der Waals surface area contributed by atoms with Crippen LogP contribution in [0.3, 0.4) is 0 Å². The monoisotopic (exact) mass is 538 g/mol. The molecule has 1 aliphatic heterocycles. The number of aryl methyl sites for hydroxylation is 1. The summed E-state index contributed by atoms with van der Waals surface area (Å²) in [5, 5.41) is 50.4. The van der Waals surface area contributed by atoms with Gasteiger partial charge in [0.05, 0.1) is 6.61 Å². The minimum absolute atomic E-state index is 0.0549. The van der Waals surface area contributed by atoms with E-state index in [4.69, 9.17) is 30.3 Å². The van der Waals surface area contributed by atoms with Gasteiger partial charge >= 0.3 is 18.0 Å². The number of piperidine rings is 1. The molecular weight excluding hydrogens is 504 g/mol. The lowest BCUT2D eigenvalue weighted by Gasteiger charge is -2.26. The molecule has 1 saturated heterocycles. The summed E-state index contributed by atoms with van der Waals surface area (Å²) in [6, 6.07) is 8.30. The van der Waals surface area contributed by atoms with Crippen LogP contribution in [0.1, 0.15) is 31.2 Å². The van der Waals surface area contributed by atoms with Crippen molar-refractivity contribution in [2.24, 2.45) is 7.05 Å². The molecule has 2 atom stereocenters. The van der Waals surface area contributed by atoms with Gasteiger partial charge in [0.2, 0.25) is 5.95 Å². The topological polar surface area (TPSA) is 220 Å². The van der Waals surface area contributed by atoms with E-state index in [0.29, 0.717) is 19.1 Å². The van der Waals surface area contributed by atoms with Crippen LogP contribution in [0.15, 0.2) is 24.3 Å². The lowest BCUT2D eigenvalue weighted by Crippen LogP contribution is -2.39. The first kappa shape index (κ1) is 30.3. The van der Waals surface area contributed by atoms with Crippen LogP contribution in [0.25, 0.3) is 0 Å². The van der Waals surface area contributed by atoms with Crippen LogP contribution in [0.5, 0.6) is 5.75 Å². The normalized spacial score (nSPS) is 14.9. The molecule has 0 radical (unpaired) electrons. The van der Waals surface area contributed by atoms with Gasteiger partial charge in [-0.05, 0) is 50.0 Å². The van der Waals surface area contributed by atoms with Crippen LogP contribution in [0.2, 0.25) is 0 Å². The van der Waals surface area contributed by atoms with Gasteiger partial charge in [-0.2, -0.15) is 4.98 Å². The van der Waals surface area contributed by atoms with E-state index >= 15 is 0 Å². The Morgan fingerprint density at radius 1 is 1.05 bits per heavy atom. The van der Waals surface area contributed by atoms with Gasteiger partial charge in [-0.15, -0.1) is 5.10 Å². The molecule has 38 heavy (non-hydrogen) atoms. The molecule has 7 N–H and O–H groups in total. The summed E-state index contributed by atoms with van der Waals surface area (Å²) in [5.41, 5.74) is 1.29. The van der Waals surface area contributed by atoms with E-state index in [0.717, 1.165) is 18.7 Å². The van der Waals surface area contributed by atoms with Crippen molar-refractivity contribution in [3.05, 3.63) is 29.8 Å². The van der Waals surface area contributed by atoms with E-state index in [9.17, 15) is 14.4 Å². The van der Waals surface area contributed by atoms with Crippen LogP contribution in [-0.2, 0) is 23.2 Å². The number of aliphatic carboxylic acids is 2. The largest absolute Gasteiger partial charge is 0.494 e. The predicted octanol–water partition coefficient (Wildman–Crippen LogP) is 0.649. The maximum atomic E-state index is 10.6. The first-order valence-electron chi connectivity index (χ1n) is 12.0. The quantitative estimate of drug-likeness (QED) is 0.185. The van der Waals surface area contributed by atoms with Gasteiger partial charge < -0.3 is 35.6 Å². The Labute approximate surface area is 218 Å². The van der Waals surface area contributed by atoms with Crippen molar-refractivity contribution in [2.45, 2.75) is 44.4 Å². The minimum atomic E-state index is -2.27. The highest BCUT2D eigenvalue weighted by Gasteiger charge is 2.29. The molecule has 2 aromatic rings. The van der Waals surface area contributed by atoms with Crippen LogP contribution >= 0.6 is 0 Å². The smallest absolute Gasteiger partial charge is 0.411 e. The first-order chi connectivity index (χ1) is 18.1. The Hall–Kier alpha value is -3.95. The first-order valence-corrected chi connectivity index (χ1v) is 12.0. The van der Waals surface area contributed by atoms with Crippen molar-refractivity contribution in [3.8, 4) is 5.75 Å². The average molecular weight is 539 g/mol. The number of carbonyl (C=O) groups is 3. The molecule has 1 aromatic carbocycles. The van der Waals surface area contributed by atoms with Crippen LogP contribution in [0.4, 0.5) is 16.7 Å². The van der Waals surface area contributed by atoms with E-state index in [1.54, 1.807) is 7.05 Å². The molecule has 1 aliphatic rings. The second-order valence-electron chi connectivity index (χ2n) is 8.49. The van der Waals surface area contributed by atoms with Gasteiger partial charge in [-0.3, -0.25) is 10.2 Å². The number of hydrogen-bond donors (Lipinski definition) is 7. The van der Waals surface area contributed by atoms with E-state index in [1.165, 1.54) is 42.6 Å². The molecule has 1 amide bonds. The van der Waals surface area contributed by atoms with Crippen LogP contribution in [-0.4, -0.2) is 102 Å².